The van der Waals surface area contributed by atoms with E-state index in [2.05, 4.69) is 5.92 Å². The van der Waals surface area contributed by atoms with Crippen molar-refractivity contribution in [2.75, 3.05) is 18.6 Å². The highest BCUT2D eigenvalue weighted by molar-refractivity contribution is 6.31. The van der Waals surface area contributed by atoms with Crippen molar-refractivity contribution in [1.82, 2.24) is 9.55 Å². The van der Waals surface area contributed by atoms with Gasteiger partial charge in [-0.15, -0.1) is 6.42 Å². The predicted octanol–water partition coefficient (Wildman–Crippen LogP) is 3.85. The number of rotatable bonds is 4. The Morgan fingerprint density at radius 3 is 2.93 bits per heavy atom. The lowest BCUT2D eigenvalue weighted by Gasteiger charge is -2.20. The maximum Gasteiger partial charge on any atom is 0.227 e. The van der Waals surface area contributed by atoms with Crippen LogP contribution in [0, 0.1) is 12.3 Å². The maximum atomic E-state index is 12.8. The Hall–Kier alpha value is -2.97. The number of nitrogens with zero attached hydrogens (tertiary/aromatic N) is 3. The molecule has 27 heavy (non-hydrogen) atoms. The van der Waals surface area contributed by atoms with Gasteiger partial charge in [-0.1, -0.05) is 29.7 Å². The highest BCUT2D eigenvalue weighted by Gasteiger charge is 2.36. The normalized spacial score (nSPS) is 16.7. The zero-order chi connectivity index (χ0) is 19.0. The number of methoxy groups -OCH3 is 1. The number of carbonyl (C=O) groups excluding carboxylic acids is 1. The third-order valence-electron chi connectivity index (χ3n) is 4.86. The number of hydrogen-bond donors (Lipinski definition) is 0. The zero-order valence-electron chi connectivity index (χ0n) is 14.9. The molecular formula is C21H18ClN3O2. The van der Waals surface area contributed by atoms with Gasteiger partial charge in [-0.05, 0) is 30.3 Å². The molecule has 0 bridgehead atoms. The summed E-state index contributed by atoms with van der Waals surface area (Å²) in [6, 6.07) is 13.1. The number of benzene rings is 2. The van der Waals surface area contributed by atoms with Gasteiger partial charge in [0, 0.05) is 23.9 Å². The van der Waals surface area contributed by atoms with E-state index in [9.17, 15) is 4.79 Å². The summed E-state index contributed by atoms with van der Waals surface area (Å²) in [5.74, 6) is 4.11. The van der Waals surface area contributed by atoms with Crippen LogP contribution in [0.3, 0.4) is 0 Å². The monoisotopic (exact) mass is 379 g/mol. The highest BCUT2D eigenvalue weighted by atomic mass is 35.5. The second-order valence-corrected chi connectivity index (χ2v) is 6.91. The summed E-state index contributed by atoms with van der Waals surface area (Å²) < 4.78 is 7.43. The van der Waals surface area contributed by atoms with Crippen molar-refractivity contribution in [2.24, 2.45) is 0 Å². The molecule has 1 atom stereocenters. The van der Waals surface area contributed by atoms with E-state index < -0.39 is 0 Å². The van der Waals surface area contributed by atoms with Gasteiger partial charge in [-0.3, -0.25) is 4.79 Å². The molecule has 3 aromatic rings. The third-order valence-corrected chi connectivity index (χ3v) is 5.09. The smallest absolute Gasteiger partial charge is 0.227 e. The summed E-state index contributed by atoms with van der Waals surface area (Å²) in [5, 5.41) is 0.557. The van der Waals surface area contributed by atoms with Crippen molar-refractivity contribution in [3.63, 3.8) is 0 Å². The summed E-state index contributed by atoms with van der Waals surface area (Å²) in [6.07, 6.45) is 5.94. The van der Waals surface area contributed by atoms with Crippen LogP contribution in [0.5, 0.6) is 5.75 Å². The molecule has 0 unspecified atom stereocenters. The summed E-state index contributed by atoms with van der Waals surface area (Å²) >= 11 is 6.14. The molecule has 1 aliphatic rings. The number of imidazole rings is 1. The fourth-order valence-electron chi connectivity index (χ4n) is 3.65. The fourth-order valence-corrected chi connectivity index (χ4v) is 3.82. The van der Waals surface area contributed by atoms with E-state index in [1.54, 1.807) is 30.2 Å². The first-order chi connectivity index (χ1) is 13.1. The minimum atomic E-state index is -0.0538. The van der Waals surface area contributed by atoms with Crippen LogP contribution >= 0.6 is 11.6 Å². The largest absolute Gasteiger partial charge is 0.495 e. The number of anilines is 1. The first-order valence-corrected chi connectivity index (χ1v) is 9.02. The highest BCUT2D eigenvalue weighted by Crippen LogP contribution is 2.38. The molecular weight excluding hydrogens is 362 g/mol. The molecule has 1 fully saturated rings. The molecule has 1 saturated heterocycles. The van der Waals surface area contributed by atoms with Gasteiger partial charge in [0.05, 0.1) is 30.4 Å². The number of hydrogen-bond acceptors (Lipinski definition) is 3. The lowest BCUT2D eigenvalue weighted by Crippen LogP contribution is -2.25. The first kappa shape index (κ1) is 17.4. The molecule has 4 rings (SSSR count). The van der Waals surface area contributed by atoms with Crippen molar-refractivity contribution in [3.8, 4) is 18.1 Å². The van der Waals surface area contributed by atoms with E-state index in [0.29, 0.717) is 36.0 Å². The van der Waals surface area contributed by atoms with Gasteiger partial charge in [-0.2, -0.15) is 0 Å². The number of aromatic nitrogens is 2. The first-order valence-electron chi connectivity index (χ1n) is 8.65. The van der Waals surface area contributed by atoms with Gasteiger partial charge < -0.3 is 14.2 Å². The lowest BCUT2D eigenvalue weighted by molar-refractivity contribution is -0.117. The molecule has 0 N–H and O–H groups in total. The van der Waals surface area contributed by atoms with E-state index in [-0.39, 0.29) is 11.8 Å². The van der Waals surface area contributed by atoms with Crippen LogP contribution in [0.2, 0.25) is 5.02 Å². The number of para-hydroxylation sites is 2. The average Bonchev–Trinajstić information content (AvgIpc) is 3.23. The third kappa shape index (κ3) is 3.02. The molecule has 0 aliphatic carbocycles. The van der Waals surface area contributed by atoms with Crippen molar-refractivity contribution in [2.45, 2.75) is 18.9 Å². The molecule has 2 heterocycles. The molecule has 0 spiro atoms. The van der Waals surface area contributed by atoms with Crippen LogP contribution in [-0.4, -0.2) is 29.1 Å². The van der Waals surface area contributed by atoms with Crippen LogP contribution in [0.4, 0.5) is 5.69 Å². The van der Waals surface area contributed by atoms with E-state index in [1.807, 2.05) is 28.8 Å². The molecule has 5 nitrogen and oxygen atoms in total. The predicted molar refractivity (Wildman–Crippen MR) is 106 cm³/mol. The van der Waals surface area contributed by atoms with Crippen molar-refractivity contribution in [1.29, 1.82) is 0 Å². The summed E-state index contributed by atoms with van der Waals surface area (Å²) in [4.78, 5) is 19.3. The number of ether oxygens (including phenoxy) is 1. The minimum Gasteiger partial charge on any atom is -0.495 e. The molecule has 0 radical (unpaired) electrons. The number of fused-ring (bicyclic) bond motifs is 1. The molecule has 1 aliphatic heterocycles. The molecule has 0 saturated carbocycles. The average molecular weight is 380 g/mol. The SMILES string of the molecule is C#CCn1c([C@H]2CC(=O)N(c3cc(Cl)ccc3OC)C2)nc2ccccc21. The quantitative estimate of drug-likeness (QED) is 0.647. The van der Waals surface area contributed by atoms with Crippen LogP contribution in [0.25, 0.3) is 11.0 Å². The van der Waals surface area contributed by atoms with E-state index in [1.165, 1.54) is 0 Å². The molecule has 6 heteroatoms. The van der Waals surface area contributed by atoms with Gasteiger partial charge in [0.15, 0.2) is 0 Å². The second-order valence-electron chi connectivity index (χ2n) is 6.47. The van der Waals surface area contributed by atoms with Gasteiger partial charge in [0.2, 0.25) is 5.91 Å². The van der Waals surface area contributed by atoms with Crippen LogP contribution in [-0.2, 0) is 11.3 Å². The molecule has 1 aromatic heterocycles. The second kappa shape index (κ2) is 6.98. The standard InChI is InChI=1S/C21H18ClN3O2/c1-3-10-24-17-7-5-4-6-16(17)23-21(24)14-11-20(26)25(13-14)18-12-15(22)8-9-19(18)27-2/h1,4-9,12,14H,10-11,13H2,2H3/t14-/m0/s1. The Balaban J connectivity index is 1.73. The van der Waals surface area contributed by atoms with E-state index in [4.69, 9.17) is 27.7 Å². The summed E-state index contributed by atoms with van der Waals surface area (Å²) in [6.45, 7) is 0.921. The van der Waals surface area contributed by atoms with Gasteiger partial charge in [0.1, 0.15) is 11.6 Å². The lowest BCUT2D eigenvalue weighted by atomic mass is 10.1. The summed E-state index contributed by atoms with van der Waals surface area (Å²) in [7, 11) is 1.58. The van der Waals surface area contributed by atoms with Crippen LogP contribution in [0.1, 0.15) is 18.2 Å². The van der Waals surface area contributed by atoms with Crippen molar-refractivity contribution in [3.05, 3.63) is 53.3 Å². The Bertz CT molecular complexity index is 1070. The Morgan fingerprint density at radius 1 is 1.33 bits per heavy atom. The van der Waals surface area contributed by atoms with Crippen molar-refractivity contribution >= 4 is 34.2 Å². The number of terminal acetylenes is 1. The summed E-state index contributed by atoms with van der Waals surface area (Å²) in [5.41, 5.74) is 2.54. The van der Waals surface area contributed by atoms with Gasteiger partial charge >= 0.3 is 0 Å². The van der Waals surface area contributed by atoms with Gasteiger partial charge in [-0.25, -0.2) is 4.98 Å². The van der Waals surface area contributed by atoms with Crippen molar-refractivity contribution < 1.29 is 9.53 Å². The topological polar surface area (TPSA) is 47.4 Å². The molecule has 1 amide bonds. The molecule has 136 valence electrons. The van der Waals surface area contributed by atoms with E-state index in [0.717, 1.165) is 16.9 Å². The maximum absolute atomic E-state index is 12.8. The van der Waals surface area contributed by atoms with Gasteiger partial charge in [0.25, 0.3) is 0 Å². The Morgan fingerprint density at radius 2 is 2.15 bits per heavy atom. The molecule has 2 aromatic carbocycles. The number of amides is 1. The number of halogens is 1. The Kier molecular flexibility index (Phi) is 4.51. The Labute approximate surface area is 162 Å². The minimum absolute atomic E-state index is 0.0138. The number of carbonyl (C=O) groups is 1. The van der Waals surface area contributed by atoms with Crippen LogP contribution in [0.15, 0.2) is 42.5 Å². The van der Waals surface area contributed by atoms with Crippen LogP contribution < -0.4 is 9.64 Å². The zero-order valence-corrected chi connectivity index (χ0v) is 15.6. The fraction of sp³-hybridized carbons (Fsp3) is 0.238. The van der Waals surface area contributed by atoms with E-state index >= 15 is 0 Å².